The molecule has 0 unspecified atom stereocenters. The standard InChI is InChI=1S/C10H12F3NO2/c11-10(12,13)7-4-2-1-3-6(7)5-8(14)9(15)16/h1,3,8H,2,4-5,14H2,(H,15,16)/t8-/m1/s1. The highest BCUT2D eigenvalue weighted by Gasteiger charge is 2.36. The maximum Gasteiger partial charge on any atom is 0.412 e. The lowest BCUT2D eigenvalue weighted by Crippen LogP contribution is -2.31. The van der Waals surface area contributed by atoms with Gasteiger partial charge < -0.3 is 10.8 Å². The Morgan fingerprint density at radius 1 is 1.56 bits per heavy atom. The van der Waals surface area contributed by atoms with Gasteiger partial charge in [-0.2, -0.15) is 13.2 Å². The number of alkyl halides is 3. The van der Waals surface area contributed by atoms with Crippen molar-refractivity contribution in [2.24, 2.45) is 5.73 Å². The molecule has 3 N–H and O–H groups in total. The molecule has 0 heterocycles. The van der Waals surface area contributed by atoms with E-state index in [0.29, 0.717) is 6.42 Å². The van der Waals surface area contributed by atoms with E-state index in [1.54, 1.807) is 6.08 Å². The van der Waals surface area contributed by atoms with Crippen molar-refractivity contribution in [3.05, 3.63) is 23.3 Å². The molecule has 0 saturated carbocycles. The first-order chi connectivity index (χ1) is 7.32. The smallest absolute Gasteiger partial charge is 0.412 e. The fourth-order valence-corrected chi connectivity index (χ4v) is 1.55. The van der Waals surface area contributed by atoms with E-state index in [1.807, 2.05) is 0 Å². The molecule has 1 aliphatic carbocycles. The van der Waals surface area contributed by atoms with Gasteiger partial charge in [0, 0.05) is 5.57 Å². The molecule has 0 aromatic rings. The van der Waals surface area contributed by atoms with Crippen LogP contribution >= 0.6 is 0 Å². The molecule has 0 amide bonds. The third-order valence-electron chi connectivity index (χ3n) is 2.37. The molecule has 90 valence electrons. The molecule has 1 atom stereocenters. The average Bonchev–Trinajstić information content (AvgIpc) is 2.16. The van der Waals surface area contributed by atoms with Gasteiger partial charge in [0.05, 0.1) is 0 Å². The summed E-state index contributed by atoms with van der Waals surface area (Å²) < 4.78 is 37.7. The predicted octanol–water partition coefficient (Wildman–Crippen LogP) is 2.00. The molecule has 0 saturated heterocycles. The Balaban J connectivity index is 2.92. The zero-order valence-electron chi connectivity index (χ0n) is 8.42. The van der Waals surface area contributed by atoms with Crippen LogP contribution in [0.4, 0.5) is 13.2 Å². The monoisotopic (exact) mass is 235 g/mol. The molecule has 16 heavy (non-hydrogen) atoms. The molecule has 0 spiro atoms. The minimum Gasteiger partial charge on any atom is -0.480 e. The predicted molar refractivity (Wildman–Crippen MR) is 51.7 cm³/mol. The van der Waals surface area contributed by atoms with Gasteiger partial charge in [-0.15, -0.1) is 0 Å². The number of rotatable bonds is 3. The van der Waals surface area contributed by atoms with Crippen LogP contribution in [-0.4, -0.2) is 23.3 Å². The van der Waals surface area contributed by atoms with Crippen molar-refractivity contribution in [2.75, 3.05) is 0 Å². The number of nitrogens with two attached hydrogens (primary N) is 1. The lowest BCUT2D eigenvalue weighted by molar-refractivity contribution is -0.138. The Labute approximate surface area is 90.4 Å². The largest absolute Gasteiger partial charge is 0.480 e. The molecule has 0 bridgehead atoms. The number of aliphatic carboxylic acids is 1. The van der Waals surface area contributed by atoms with Crippen LogP contribution < -0.4 is 5.73 Å². The first-order valence-corrected chi connectivity index (χ1v) is 4.76. The normalized spacial score (nSPS) is 18.8. The molecule has 1 aliphatic rings. The van der Waals surface area contributed by atoms with Crippen molar-refractivity contribution in [2.45, 2.75) is 31.5 Å². The van der Waals surface area contributed by atoms with Gasteiger partial charge in [-0.1, -0.05) is 12.2 Å². The van der Waals surface area contributed by atoms with Crippen LogP contribution in [0.25, 0.3) is 0 Å². The molecule has 6 heteroatoms. The molecule has 3 nitrogen and oxygen atoms in total. The summed E-state index contributed by atoms with van der Waals surface area (Å²) in [5.41, 5.74) is 4.54. The van der Waals surface area contributed by atoms with Crippen molar-refractivity contribution in [1.29, 1.82) is 0 Å². The van der Waals surface area contributed by atoms with E-state index in [1.165, 1.54) is 6.08 Å². The Kier molecular flexibility index (Phi) is 3.74. The first kappa shape index (κ1) is 12.8. The SMILES string of the molecule is N[C@H](CC1=C(C(F)(F)F)CCC=C1)C(=O)O. The van der Waals surface area contributed by atoms with Crippen LogP contribution in [0.5, 0.6) is 0 Å². The molecular weight excluding hydrogens is 223 g/mol. The summed E-state index contributed by atoms with van der Waals surface area (Å²) in [5, 5.41) is 8.55. The highest BCUT2D eigenvalue weighted by atomic mass is 19.4. The van der Waals surface area contributed by atoms with E-state index in [9.17, 15) is 18.0 Å². The summed E-state index contributed by atoms with van der Waals surface area (Å²) in [6.45, 7) is 0. The number of carbonyl (C=O) groups is 1. The van der Waals surface area contributed by atoms with Crippen molar-refractivity contribution < 1.29 is 23.1 Å². The summed E-state index contributed by atoms with van der Waals surface area (Å²) in [5.74, 6) is -1.30. The fourth-order valence-electron chi connectivity index (χ4n) is 1.55. The van der Waals surface area contributed by atoms with Crippen molar-refractivity contribution in [3.63, 3.8) is 0 Å². The third kappa shape index (κ3) is 3.10. The Bertz CT molecular complexity index is 344. The molecule has 0 aromatic heterocycles. The van der Waals surface area contributed by atoms with Gasteiger partial charge in [0.1, 0.15) is 6.04 Å². The minimum absolute atomic E-state index is 0.0198. The number of allylic oxidation sites excluding steroid dienone is 3. The van der Waals surface area contributed by atoms with Crippen molar-refractivity contribution in [3.8, 4) is 0 Å². The van der Waals surface area contributed by atoms with Crippen LogP contribution in [0.2, 0.25) is 0 Å². The Morgan fingerprint density at radius 2 is 2.19 bits per heavy atom. The van der Waals surface area contributed by atoms with E-state index in [-0.39, 0.29) is 18.4 Å². The van der Waals surface area contributed by atoms with E-state index < -0.39 is 23.8 Å². The number of carboxylic acid groups (broad SMARTS) is 1. The second-order valence-corrected chi connectivity index (χ2v) is 3.59. The van der Waals surface area contributed by atoms with E-state index in [4.69, 9.17) is 10.8 Å². The van der Waals surface area contributed by atoms with Gasteiger partial charge >= 0.3 is 12.1 Å². The topological polar surface area (TPSA) is 63.3 Å². The lowest BCUT2D eigenvalue weighted by Gasteiger charge is -2.19. The van der Waals surface area contributed by atoms with E-state index >= 15 is 0 Å². The Hall–Kier alpha value is -1.30. The quantitative estimate of drug-likeness (QED) is 0.786. The summed E-state index contributed by atoms with van der Waals surface area (Å²) in [7, 11) is 0. The molecule has 0 aromatic carbocycles. The Morgan fingerprint density at radius 3 is 2.69 bits per heavy atom. The van der Waals surface area contributed by atoms with Crippen LogP contribution in [-0.2, 0) is 4.79 Å². The zero-order valence-corrected chi connectivity index (χ0v) is 8.42. The van der Waals surface area contributed by atoms with Gasteiger partial charge in [-0.05, 0) is 24.8 Å². The number of halogens is 3. The molecular formula is C10H12F3NO2. The second kappa shape index (κ2) is 4.69. The summed E-state index contributed by atoms with van der Waals surface area (Å²) in [4.78, 5) is 10.5. The van der Waals surface area contributed by atoms with Crippen molar-refractivity contribution in [1.82, 2.24) is 0 Å². The van der Waals surface area contributed by atoms with Crippen LogP contribution in [0.15, 0.2) is 23.3 Å². The van der Waals surface area contributed by atoms with Gasteiger partial charge in [0.2, 0.25) is 0 Å². The number of hydrogen-bond donors (Lipinski definition) is 2. The van der Waals surface area contributed by atoms with Crippen molar-refractivity contribution >= 4 is 5.97 Å². The molecule has 0 aliphatic heterocycles. The summed E-state index contributed by atoms with van der Waals surface area (Å²) in [6.07, 6.45) is -1.57. The number of hydrogen-bond acceptors (Lipinski definition) is 2. The van der Waals surface area contributed by atoms with Crippen LogP contribution in [0.3, 0.4) is 0 Å². The fraction of sp³-hybridized carbons (Fsp3) is 0.500. The highest BCUT2D eigenvalue weighted by Crippen LogP contribution is 2.35. The van der Waals surface area contributed by atoms with Gasteiger partial charge in [-0.25, -0.2) is 0 Å². The molecule has 1 rings (SSSR count). The maximum absolute atomic E-state index is 12.6. The summed E-state index contributed by atoms with van der Waals surface area (Å²) in [6, 6.07) is -1.30. The summed E-state index contributed by atoms with van der Waals surface area (Å²) >= 11 is 0. The van der Waals surface area contributed by atoms with E-state index in [2.05, 4.69) is 0 Å². The van der Waals surface area contributed by atoms with E-state index in [0.717, 1.165) is 0 Å². The minimum atomic E-state index is -4.40. The van der Waals surface area contributed by atoms with Crippen LogP contribution in [0, 0.1) is 0 Å². The number of carboxylic acids is 1. The lowest BCUT2D eigenvalue weighted by atomic mass is 9.92. The third-order valence-corrected chi connectivity index (χ3v) is 2.37. The molecule has 0 radical (unpaired) electrons. The zero-order chi connectivity index (χ0) is 12.3. The van der Waals surface area contributed by atoms with Gasteiger partial charge in [-0.3, -0.25) is 4.79 Å². The maximum atomic E-state index is 12.6. The van der Waals surface area contributed by atoms with Crippen LogP contribution in [0.1, 0.15) is 19.3 Å². The highest BCUT2D eigenvalue weighted by molar-refractivity contribution is 5.73. The van der Waals surface area contributed by atoms with Gasteiger partial charge in [0.25, 0.3) is 0 Å². The second-order valence-electron chi connectivity index (χ2n) is 3.59. The average molecular weight is 235 g/mol. The van der Waals surface area contributed by atoms with Gasteiger partial charge in [0.15, 0.2) is 0 Å². The molecule has 0 fully saturated rings. The first-order valence-electron chi connectivity index (χ1n) is 4.76.